The normalized spacial score (nSPS) is 9.86. The topological polar surface area (TPSA) is 37.4 Å². The van der Waals surface area contributed by atoms with E-state index in [1.807, 2.05) is 17.5 Å². The third-order valence-electron chi connectivity index (χ3n) is 1.80. The standard InChI is InChI=1S/C10H13NO2S/c1-8(12)6-10(13)11(2)7-9-4-3-5-14-9/h3-5H,6-7H2,1-2H3. The van der Waals surface area contributed by atoms with Crippen LogP contribution in [0.5, 0.6) is 0 Å². The maximum Gasteiger partial charge on any atom is 0.230 e. The van der Waals surface area contributed by atoms with Crippen molar-refractivity contribution in [2.75, 3.05) is 7.05 Å². The molecule has 0 N–H and O–H groups in total. The lowest BCUT2D eigenvalue weighted by atomic mass is 10.3. The monoisotopic (exact) mass is 211 g/mol. The van der Waals surface area contributed by atoms with Gasteiger partial charge in [-0.05, 0) is 18.4 Å². The summed E-state index contributed by atoms with van der Waals surface area (Å²) in [7, 11) is 1.71. The number of hydrogen-bond acceptors (Lipinski definition) is 3. The van der Waals surface area contributed by atoms with Crippen LogP contribution in [0.1, 0.15) is 18.2 Å². The van der Waals surface area contributed by atoms with Crippen molar-refractivity contribution in [3.05, 3.63) is 22.4 Å². The minimum Gasteiger partial charge on any atom is -0.340 e. The lowest BCUT2D eigenvalue weighted by molar-refractivity contribution is -0.134. The highest BCUT2D eigenvalue weighted by Gasteiger charge is 2.11. The van der Waals surface area contributed by atoms with Crippen molar-refractivity contribution >= 4 is 23.0 Å². The molecule has 1 rings (SSSR count). The Morgan fingerprint density at radius 1 is 1.50 bits per heavy atom. The molecule has 0 bridgehead atoms. The second-order valence-corrected chi connectivity index (χ2v) is 4.24. The van der Waals surface area contributed by atoms with E-state index < -0.39 is 0 Å². The molecule has 76 valence electrons. The molecule has 0 saturated heterocycles. The molecule has 0 atom stereocenters. The van der Waals surface area contributed by atoms with Gasteiger partial charge in [0.05, 0.1) is 13.0 Å². The van der Waals surface area contributed by atoms with Crippen LogP contribution in [0, 0.1) is 0 Å². The molecular weight excluding hydrogens is 198 g/mol. The Morgan fingerprint density at radius 3 is 2.71 bits per heavy atom. The molecule has 0 saturated carbocycles. The maximum absolute atomic E-state index is 11.4. The lowest BCUT2D eigenvalue weighted by Crippen LogP contribution is -2.27. The molecule has 4 heteroatoms. The molecule has 14 heavy (non-hydrogen) atoms. The summed E-state index contributed by atoms with van der Waals surface area (Å²) < 4.78 is 0. The van der Waals surface area contributed by atoms with Gasteiger partial charge in [0.2, 0.25) is 5.91 Å². The van der Waals surface area contributed by atoms with E-state index >= 15 is 0 Å². The van der Waals surface area contributed by atoms with Crippen LogP contribution < -0.4 is 0 Å². The Morgan fingerprint density at radius 2 is 2.21 bits per heavy atom. The third kappa shape index (κ3) is 3.30. The van der Waals surface area contributed by atoms with Crippen LogP contribution in [0.3, 0.4) is 0 Å². The Balaban J connectivity index is 2.46. The van der Waals surface area contributed by atoms with E-state index in [2.05, 4.69) is 0 Å². The molecule has 0 radical (unpaired) electrons. The molecule has 0 aromatic carbocycles. The molecule has 0 fully saturated rings. The van der Waals surface area contributed by atoms with E-state index in [-0.39, 0.29) is 18.1 Å². The Hall–Kier alpha value is -1.16. The average molecular weight is 211 g/mol. The van der Waals surface area contributed by atoms with Gasteiger partial charge < -0.3 is 4.90 Å². The number of amides is 1. The van der Waals surface area contributed by atoms with Crippen LogP contribution in [-0.4, -0.2) is 23.6 Å². The van der Waals surface area contributed by atoms with E-state index in [0.29, 0.717) is 6.54 Å². The first-order chi connectivity index (χ1) is 6.59. The molecule has 1 aromatic rings. The summed E-state index contributed by atoms with van der Waals surface area (Å²) in [6, 6.07) is 3.92. The fourth-order valence-electron chi connectivity index (χ4n) is 1.07. The molecule has 3 nitrogen and oxygen atoms in total. The van der Waals surface area contributed by atoms with Crippen LogP contribution in [0.2, 0.25) is 0 Å². The van der Waals surface area contributed by atoms with Gasteiger partial charge in [-0.15, -0.1) is 11.3 Å². The summed E-state index contributed by atoms with van der Waals surface area (Å²) in [5.74, 6) is -0.209. The average Bonchev–Trinajstić information content (AvgIpc) is 2.55. The largest absolute Gasteiger partial charge is 0.340 e. The fourth-order valence-corrected chi connectivity index (χ4v) is 1.83. The molecule has 0 spiro atoms. The second kappa shape index (κ2) is 4.91. The van der Waals surface area contributed by atoms with Crippen molar-refractivity contribution in [3.63, 3.8) is 0 Å². The fraction of sp³-hybridized carbons (Fsp3) is 0.400. The quantitative estimate of drug-likeness (QED) is 0.711. The molecule has 0 aliphatic carbocycles. The third-order valence-corrected chi connectivity index (χ3v) is 2.66. The lowest BCUT2D eigenvalue weighted by Gasteiger charge is -2.14. The summed E-state index contributed by atoms with van der Waals surface area (Å²) in [6.45, 7) is 2.01. The number of thiophene rings is 1. The van der Waals surface area contributed by atoms with Crippen LogP contribution >= 0.6 is 11.3 Å². The second-order valence-electron chi connectivity index (χ2n) is 3.21. The van der Waals surface area contributed by atoms with Crippen molar-refractivity contribution in [1.82, 2.24) is 4.90 Å². The van der Waals surface area contributed by atoms with E-state index in [1.54, 1.807) is 23.3 Å². The van der Waals surface area contributed by atoms with Gasteiger partial charge in [-0.25, -0.2) is 0 Å². The van der Waals surface area contributed by atoms with Crippen molar-refractivity contribution in [2.45, 2.75) is 19.9 Å². The highest BCUT2D eigenvalue weighted by atomic mass is 32.1. The zero-order chi connectivity index (χ0) is 10.6. The molecule has 0 unspecified atom stereocenters. The van der Waals surface area contributed by atoms with Crippen molar-refractivity contribution < 1.29 is 9.59 Å². The maximum atomic E-state index is 11.4. The van der Waals surface area contributed by atoms with Gasteiger partial charge in [-0.1, -0.05) is 6.07 Å². The van der Waals surface area contributed by atoms with Gasteiger partial charge in [-0.3, -0.25) is 9.59 Å². The van der Waals surface area contributed by atoms with Crippen LogP contribution in [0.25, 0.3) is 0 Å². The first-order valence-electron chi connectivity index (χ1n) is 4.35. The van der Waals surface area contributed by atoms with Crippen molar-refractivity contribution in [1.29, 1.82) is 0 Å². The highest BCUT2D eigenvalue weighted by molar-refractivity contribution is 7.09. The number of ketones is 1. The smallest absolute Gasteiger partial charge is 0.230 e. The predicted octanol–water partition coefficient (Wildman–Crippen LogP) is 1.69. The Kier molecular flexibility index (Phi) is 3.83. The van der Waals surface area contributed by atoms with Gasteiger partial charge in [0.1, 0.15) is 5.78 Å². The molecule has 0 aliphatic heterocycles. The predicted molar refractivity (Wildman–Crippen MR) is 56.1 cm³/mol. The summed E-state index contributed by atoms with van der Waals surface area (Å²) in [5, 5.41) is 1.97. The minimum atomic E-state index is -0.120. The minimum absolute atomic E-state index is 0.00186. The number of carbonyl (C=O) groups excluding carboxylic acids is 2. The first-order valence-corrected chi connectivity index (χ1v) is 5.23. The van der Waals surface area contributed by atoms with E-state index in [1.165, 1.54) is 6.92 Å². The molecule has 0 aliphatic rings. The SMILES string of the molecule is CC(=O)CC(=O)N(C)Cc1cccs1. The zero-order valence-corrected chi connectivity index (χ0v) is 9.13. The van der Waals surface area contributed by atoms with Gasteiger partial charge >= 0.3 is 0 Å². The van der Waals surface area contributed by atoms with Gasteiger partial charge in [0.25, 0.3) is 0 Å². The summed E-state index contributed by atoms with van der Waals surface area (Å²) >= 11 is 1.61. The van der Waals surface area contributed by atoms with Crippen molar-refractivity contribution in [3.8, 4) is 0 Å². The zero-order valence-electron chi connectivity index (χ0n) is 8.32. The van der Waals surface area contributed by atoms with Crippen LogP contribution in [0.15, 0.2) is 17.5 Å². The number of nitrogens with zero attached hydrogens (tertiary/aromatic N) is 1. The van der Waals surface area contributed by atoms with Crippen molar-refractivity contribution in [2.24, 2.45) is 0 Å². The first kappa shape index (κ1) is 10.9. The number of carbonyl (C=O) groups is 2. The van der Waals surface area contributed by atoms with Gasteiger partial charge in [-0.2, -0.15) is 0 Å². The molecule has 1 aromatic heterocycles. The molecule has 1 amide bonds. The van der Waals surface area contributed by atoms with E-state index in [4.69, 9.17) is 0 Å². The van der Waals surface area contributed by atoms with Gasteiger partial charge in [0.15, 0.2) is 0 Å². The number of Topliss-reactive ketones (excluding diaryl/α,β-unsaturated/α-hetero) is 1. The molecular formula is C10H13NO2S. The van der Waals surface area contributed by atoms with E-state index in [9.17, 15) is 9.59 Å². The van der Waals surface area contributed by atoms with E-state index in [0.717, 1.165) is 4.88 Å². The molecule has 1 heterocycles. The summed E-state index contributed by atoms with van der Waals surface area (Å²) in [6.07, 6.45) is 0.00186. The van der Waals surface area contributed by atoms with Crippen LogP contribution in [0.4, 0.5) is 0 Å². The highest BCUT2D eigenvalue weighted by Crippen LogP contribution is 2.11. The van der Waals surface area contributed by atoms with Gasteiger partial charge in [0, 0.05) is 11.9 Å². The Bertz CT molecular complexity index is 319. The summed E-state index contributed by atoms with van der Waals surface area (Å²) in [5.41, 5.74) is 0. The number of hydrogen-bond donors (Lipinski definition) is 0. The summed E-state index contributed by atoms with van der Waals surface area (Å²) in [4.78, 5) is 24.8. The van der Waals surface area contributed by atoms with Crippen LogP contribution in [-0.2, 0) is 16.1 Å². The number of rotatable bonds is 4. The Labute approximate surface area is 87.3 Å².